The number of aryl methyl sites for hydroxylation is 2. The summed E-state index contributed by atoms with van der Waals surface area (Å²) < 4.78 is 0. The molecule has 1 N–H and O–H groups in total. The maximum atomic E-state index is 8.19. The molecule has 0 aromatic carbocycles. The molecule has 0 aliphatic carbocycles. The molecule has 11 heavy (non-hydrogen) atoms. The molecule has 0 saturated heterocycles. The SMILES string of the molecule is Cc1n[nH]c(C)c1C#CC#N. The highest BCUT2D eigenvalue weighted by Gasteiger charge is 2.00. The molecule has 1 heterocycles. The van der Waals surface area contributed by atoms with E-state index < -0.39 is 0 Å². The minimum absolute atomic E-state index is 0.826. The zero-order chi connectivity index (χ0) is 8.27. The van der Waals surface area contributed by atoms with Gasteiger partial charge in [-0.15, -0.1) is 0 Å². The van der Waals surface area contributed by atoms with Crippen LogP contribution < -0.4 is 0 Å². The number of aromatic amines is 1. The van der Waals surface area contributed by atoms with Gasteiger partial charge in [0.05, 0.1) is 11.3 Å². The van der Waals surface area contributed by atoms with Gasteiger partial charge < -0.3 is 0 Å². The molecule has 0 fully saturated rings. The lowest BCUT2D eigenvalue weighted by molar-refractivity contribution is 1.02. The van der Waals surface area contributed by atoms with E-state index in [4.69, 9.17) is 5.26 Å². The Bertz CT molecular complexity index is 337. The molecule has 0 unspecified atom stereocenters. The van der Waals surface area contributed by atoms with Crippen molar-refractivity contribution in [2.45, 2.75) is 13.8 Å². The van der Waals surface area contributed by atoms with E-state index in [0.717, 1.165) is 17.0 Å². The van der Waals surface area contributed by atoms with Crippen molar-refractivity contribution in [1.29, 1.82) is 5.26 Å². The van der Waals surface area contributed by atoms with Crippen molar-refractivity contribution < 1.29 is 0 Å². The highest BCUT2D eigenvalue weighted by atomic mass is 15.1. The van der Waals surface area contributed by atoms with Gasteiger partial charge >= 0.3 is 0 Å². The van der Waals surface area contributed by atoms with Gasteiger partial charge in [0.15, 0.2) is 6.07 Å². The van der Waals surface area contributed by atoms with E-state index in [1.54, 1.807) is 6.07 Å². The normalized spacial score (nSPS) is 8.09. The van der Waals surface area contributed by atoms with Crippen LogP contribution in [0.2, 0.25) is 0 Å². The molecule has 1 aromatic rings. The van der Waals surface area contributed by atoms with Crippen LogP contribution in [0.25, 0.3) is 0 Å². The molecule has 0 amide bonds. The van der Waals surface area contributed by atoms with Gasteiger partial charge in [0.1, 0.15) is 0 Å². The van der Waals surface area contributed by atoms with Crippen LogP contribution >= 0.6 is 0 Å². The third-order valence-corrected chi connectivity index (χ3v) is 1.37. The maximum Gasteiger partial charge on any atom is 0.152 e. The molecule has 0 aliphatic heterocycles. The average Bonchev–Trinajstić information content (AvgIpc) is 2.29. The van der Waals surface area contributed by atoms with Crippen LogP contribution in [0.1, 0.15) is 17.0 Å². The van der Waals surface area contributed by atoms with Crippen molar-refractivity contribution in [3.05, 3.63) is 17.0 Å². The van der Waals surface area contributed by atoms with Crippen molar-refractivity contribution in [2.24, 2.45) is 0 Å². The van der Waals surface area contributed by atoms with Crippen LogP contribution in [0.15, 0.2) is 0 Å². The Morgan fingerprint density at radius 1 is 1.45 bits per heavy atom. The molecule has 1 rings (SSSR count). The average molecular weight is 145 g/mol. The van der Waals surface area contributed by atoms with E-state index in [-0.39, 0.29) is 0 Å². The summed E-state index contributed by atoms with van der Waals surface area (Å²) in [5.41, 5.74) is 2.57. The second-order valence-electron chi connectivity index (χ2n) is 2.17. The zero-order valence-electron chi connectivity index (χ0n) is 6.39. The molecule has 3 nitrogen and oxygen atoms in total. The minimum Gasteiger partial charge on any atom is -0.281 e. The number of nitrogens with zero attached hydrogens (tertiary/aromatic N) is 2. The zero-order valence-corrected chi connectivity index (χ0v) is 6.39. The Morgan fingerprint density at radius 3 is 2.64 bits per heavy atom. The van der Waals surface area contributed by atoms with Crippen LogP contribution in [-0.4, -0.2) is 10.2 Å². The van der Waals surface area contributed by atoms with Crippen molar-refractivity contribution in [3.63, 3.8) is 0 Å². The molecule has 3 heteroatoms. The number of H-pyrrole nitrogens is 1. The number of hydrogen-bond acceptors (Lipinski definition) is 2. The number of nitrogens with one attached hydrogen (secondary N) is 1. The Balaban J connectivity index is 3.13. The first-order valence-corrected chi connectivity index (χ1v) is 3.17. The van der Waals surface area contributed by atoms with Gasteiger partial charge in [0.25, 0.3) is 0 Å². The summed E-state index contributed by atoms with van der Waals surface area (Å²) >= 11 is 0. The van der Waals surface area contributed by atoms with Gasteiger partial charge in [-0.2, -0.15) is 10.4 Å². The molecule has 0 aliphatic rings. The molecule has 0 spiro atoms. The predicted octanol–water partition coefficient (Wildman–Crippen LogP) is 0.902. The lowest BCUT2D eigenvalue weighted by Gasteiger charge is -1.83. The number of aromatic nitrogens is 2. The second-order valence-corrected chi connectivity index (χ2v) is 2.17. The van der Waals surface area contributed by atoms with Crippen molar-refractivity contribution >= 4 is 0 Å². The molecule has 54 valence electrons. The molecule has 0 saturated carbocycles. The molecule has 0 radical (unpaired) electrons. The van der Waals surface area contributed by atoms with Gasteiger partial charge in [-0.25, -0.2) is 0 Å². The van der Waals surface area contributed by atoms with E-state index in [0.29, 0.717) is 0 Å². The first-order valence-electron chi connectivity index (χ1n) is 3.17. The summed E-state index contributed by atoms with van der Waals surface area (Å²) in [5.74, 6) is 5.03. The van der Waals surface area contributed by atoms with Gasteiger partial charge in [-0.05, 0) is 19.8 Å². The highest BCUT2D eigenvalue weighted by molar-refractivity contribution is 5.42. The van der Waals surface area contributed by atoms with Crippen LogP contribution in [-0.2, 0) is 0 Å². The van der Waals surface area contributed by atoms with Crippen LogP contribution in [0, 0.1) is 37.0 Å². The standard InChI is InChI=1S/C8H7N3/c1-6-8(4-3-5-9)7(2)11-10-6/h1-2H3,(H,10,11). The smallest absolute Gasteiger partial charge is 0.152 e. The molecule has 0 atom stereocenters. The molecular formula is C8H7N3. The summed E-state index contributed by atoms with van der Waals surface area (Å²) in [6, 6.07) is 1.76. The first-order chi connectivity index (χ1) is 5.25. The first kappa shape index (κ1) is 7.37. The highest BCUT2D eigenvalue weighted by Crippen LogP contribution is 2.05. The summed E-state index contributed by atoms with van der Waals surface area (Å²) in [7, 11) is 0. The molecule has 0 bridgehead atoms. The van der Waals surface area contributed by atoms with Crippen LogP contribution in [0.5, 0.6) is 0 Å². The Morgan fingerprint density at radius 2 is 2.18 bits per heavy atom. The number of hydrogen-bond donors (Lipinski definition) is 1. The predicted molar refractivity (Wildman–Crippen MR) is 40.6 cm³/mol. The fourth-order valence-corrected chi connectivity index (χ4v) is 0.826. The van der Waals surface area contributed by atoms with Crippen molar-refractivity contribution in [3.8, 4) is 17.9 Å². The topological polar surface area (TPSA) is 52.5 Å². The number of rotatable bonds is 0. The van der Waals surface area contributed by atoms with Crippen molar-refractivity contribution in [2.75, 3.05) is 0 Å². The maximum absolute atomic E-state index is 8.19. The summed E-state index contributed by atoms with van der Waals surface area (Å²) in [5, 5.41) is 14.9. The van der Waals surface area contributed by atoms with Crippen molar-refractivity contribution in [1.82, 2.24) is 10.2 Å². The lowest BCUT2D eigenvalue weighted by Crippen LogP contribution is -1.77. The minimum atomic E-state index is 0.826. The van der Waals surface area contributed by atoms with Gasteiger partial charge in [-0.1, -0.05) is 0 Å². The molecule has 1 aromatic heterocycles. The largest absolute Gasteiger partial charge is 0.281 e. The van der Waals surface area contributed by atoms with E-state index in [9.17, 15) is 0 Å². The Hall–Kier alpha value is -1.74. The van der Waals surface area contributed by atoms with E-state index in [1.165, 1.54) is 0 Å². The quantitative estimate of drug-likeness (QED) is 0.551. The number of nitriles is 1. The summed E-state index contributed by atoms with van der Waals surface area (Å²) in [6.45, 7) is 3.73. The van der Waals surface area contributed by atoms with E-state index in [2.05, 4.69) is 22.0 Å². The van der Waals surface area contributed by atoms with E-state index >= 15 is 0 Å². The Labute approximate surface area is 65.0 Å². The third-order valence-electron chi connectivity index (χ3n) is 1.37. The van der Waals surface area contributed by atoms with Crippen LogP contribution in [0.4, 0.5) is 0 Å². The lowest BCUT2D eigenvalue weighted by atomic mass is 10.2. The van der Waals surface area contributed by atoms with Gasteiger partial charge in [0, 0.05) is 11.6 Å². The fourth-order valence-electron chi connectivity index (χ4n) is 0.826. The fraction of sp³-hybridized carbons (Fsp3) is 0.250. The Kier molecular flexibility index (Phi) is 1.94. The van der Waals surface area contributed by atoms with Gasteiger partial charge in [-0.3, -0.25) is 5.10 Å². The summed E-state index contributed by atoms with van der Waals surface area (Å²) in [4.78, 5) is 0. The second kappa shape index (κ2) is 2.90. The summed E-state index contributed by atoms with van der Waals surface area (Å²) in [6.07, 6.45) is 0. The molecular weight excluding hydrogens is 138 g/mol. The third kappa shape index (κ3) is 1.39. The monoisotopic (exact) mass is 145 g/mol. The van der Waals surface area contributed by atoms with E-state index in [1.807, 2.05) is 13.8 Å². The van der Waals surface area contributed by atoms with Crippen LogP contribution in [0.3, 0.4) is 0 Å². The van der Waals surface area contributed by atoms with Gasteiger partial charge in [0.2, 0.25) is 0 Å².